The maximum Gasteiger partial charge on any atom is 0.110 e. The molecule has 2 rings (SSSR count). The SMILES string of the molecule is CC(C)c1ccc(C(OC(C)N(C)C)c2ccccc2)cc1. The van der Waals surface area contributed by atoms with Crippen molar-refractivity contribution in [1.29, 1.82) is 0 Å². The van der Waals surface area contributed by atoms with Crippen LogP contribution in [0.5, 0.6) is 0 Å². The second kappa shape index (κ2) is 7.57. The first-order chi connectivity index (χ1) is 10.5. The fourth-order valence-corrected chi connectivity index (χ4v) is 2.35. The molecule has 118 valence electrons. The minimum absolute atomic E-state index is 0.0418. The molecule has 0 N–H and O–H groups in total. The summed E-state index contributed by atoms with van der Waals surface area (Å²) in [4.78, 5) is 2.08. The largest absolute Gasteiger partial charge is 0.351 e. The Morgan fingerprint density at radius 3 is 1.73 bits per heavy atom. The smallest absolute Gasteiger partial charge is 0.110 e. The molecular formula is C20H27NO. The van der Waals surface area contributed by atoms with Crippen molar-refractivity contribution in [3.63, 3.8) is 0 Å². The van der Waals surface area contributed by atoms with Gasteiger partial charge in [0, 0.05) is 0 Å². The molecule has 0 radical (unpaired) electrons. The van der Waals surface area contributed by atoms with E-state index in [4.69, 9.17) is 4.74 Å². The van der Waals surface area contributed by atoms with E-state index in [-0.39, 0.29) is 12.3 Å². The monoisotopic (exact) mass is 297 g/mol. The highest BCUT2D eigenvalue weighted by Crippen LogP contribution is 2.29. The van der Waals surface area contributed by atoms with Crippen LogP contribution in [0.3, 0.4) is 0 Å². The topological polar surface area (TPSA) is 12.5 Å². The molecule has 0 bridgehead atoms. The Labute approximate surface area is 134 Å². The number of benzene rings is 2. The summed E-state index contributed by atoms with van der Waals surface area (Å²) in [5.74, 6) is 0.547. The molecule has 0 saturated carbocycles. The summed E-state index contributed by atoms with van der Waals surface area (Å²) < 4.78 is 6.31. The molecule has 2 aromatic carbocycles. The second-order valence-electron chi connectivity index (χ2n) is 6.31. The number of rotatable bonds is 6. The van der Waals surface area contributed by atoms with Gasteiger partial charge in [0.25, 0.3) is 0 Å². The van der Waals surface area contributed by atoms with Crippen LogP contribution in [0.2, 0.25) is 0 Å². The van der Waals surface area contributed by atoms with Gasteiger partial charge in [-0.25, -0.2) is 0 Å². The van der Waals surface area contributed by atoms with Gasteiger partial charge in [-0.3, -0.25) is 4.90 Å². The summed E-state index contributed by atoms with van der Waals surface area (Å²) in [7, 11) is 4.07. The quantitative estimate of drug-likeness (QED) is 0.709. The Morgan fingerprint density at radius 1 is 0.727 bits per heavy atom. The van der Waals surface area contributed by atoms with E-state index in [0.29, 0.717) is 5.92 Å². The van der Waals surface area contributed by atoms with Crippen molar-refractivity contribution in [2.45, 2.75) is 39.0 Å². The van der Waals surface area contributed by atoms with E-state index in [1.54, 1.807) is 0 Å². The lowest BCUT2D eigenvalue weighted by Crippen LogP contribution is -2.29. The number of nitrogens with zero attached hydrogens (tertiary/aromatic N) is 1. The fourth-order valence-electron chi connectivity index (χ4n) is 2.35. The maximum absolute atomic E-state index is 6.31. The van der Waals surface area contributed by atoms with Gasteiger partial charge in [-0.05, 0) is 43.6 Å². The summed E-state index contributed by atoms with van der Waals surface area (Å²) in [6, 6.07) is 19.2. The number of ether oxygens (including phenoxy) is 1. The maximum atomic E-state index is 6.31. The molecule has 0 saturated heterocycles. The summed E-state index contributed by atoms with van der Waals surface area (Å²) in [5, 5.41) is 0. The Morgan fingerprint density at radius 2 is 1.23 bits per heavy atom. The minimum atomic E-state index is -0.0418. The van der Waals surface area contributed by atoms with E-state index in [1.165, 1.54) is 16.7 Å². The summed E-state index contributed by atoms with van der Waals surface area (Å²) in [6.07, 6.45) is 0.00907. The predicted molar refractivity (Wildman–Crippen MR) is 93.1 cm³/mol. The molecule has 0 heterocycles. The van der Waals surface area contributed by atoms with Gasteiger partial charge >= 0.3 is 0 Å². The van der Waals surface area contributed by atoms with Crippen molar-refractivity contribution >= 4 is 0 Å². The van der Waals surface area contributed by atoms with Crippen LogP contribution in [-0.2, 0) is 4.74 Å². The van der Waals surface area contributed by atoms with Crippen LogP contribution in [0.4, 0.5) is 0 Å². The standard InChI is InChI=1S/C20H27NO/c1-15(2)17-11-13-19(14-12-17)20(22-16(3)21(4)5)18-9-7-6-8-10-18/h6-16,20H,1-5H3. The van der Waals surface area contributed by atoms with E-state index in [0.717, 1.165) is 0 Å². The fraction of sp³-hybridized carbons (Fsp3) is 0.400. The molecule has 2 nitrogen and oxygen atoms in total. The van der Waals surface area contributed by atoms with E-state index in [2.05, 4.69) is 74.2 Å². The molecule has 22 heavy (non-hydrogen) atoms. The third kappa shape index (κ3) is 4.19. The highest BCUT2D eigenvalue weighted by molar-refractivity contribution is 5.33. The summed E-state index contributed by atoms with van der Waals surface area (Å²) in [6.45, 7) is 6.51. The van der Waals surface area contributed by atoms with Crippen LogP contribution in [0, 0.1) is 0 Å². The number of hydrogen-bond acceptors (Lipinski definition) is 2. The Balaban J connectivity index is 2.31. The molecular weight excluding hydrogens is 270 g/mol. The molecule has 0 aliphatic rings. The van der Waals surface area contributed by atoms with E-state index >= 15 is 0 Å². The first kappa shape index (κ1) is 16.7. The first-order valence-electron chi connectivity index (χ1n) is 7.95. The predicted octanol–water partition coefficient (Wildman–Crippen LogP) is 4.82. The van der Waals surface area contributed by atoms with Crippen LogP contribution >= 0.6 is 0 Å². The van der Waals surface area contributed by atoms with Crippen molar-refractivity contribution < 1.29 is 4.74 Å². The molecule has 0 aliphatic carbocycles. The lowest BCUT2D eigenvalue weighted by atomic mass is 9.97. The Kier molecular flexibility index (Phi) is 5.76. The molecule has 2 heteroatoms. The average Bonchev–Trinajstić information content (AvgIpc) is 2.53. The van der Waals surface area contributed by atoms with E-state index in [1.807, 2.05) is 20.2 Å². The van der Waals surface area contributed by atoms with Crippen molar-refractivity contribution in [2.75, 3.05) is 14.1 Å². The van der Waals surface area contributed by atoms with E-state index in [9.17, 15) is 0 Å². The Hall–Kier alpha value is -1.64. The zero-order chi connectivity index (χ0) is 16.1. The Bertz CT molecular complexity index is 560. The summed E-state index contributed by atoms with van der Waals surface area (Å²) in [5.41, 5.74) is 3.74. The van der Waals surface area contributed by atoms with Crippen molar-refractivity contribution in [1.82, 2.24) is 4.90 Å². The zero-order valence-electron chi connectivity index (χ0n) is 14.3. The second-order valence-corrected chi connectivity index (χ2v) is 6.31. The molecule has 0 amide bonds. The molecule has 0 aromatic heterocycles. The van der Waals surface area contributed by atoms with Crippen molar-refractivity contribution in [3.8, 4) is 0 Å². The lowest BCUT2D eigenvalue weighted by molar-refractivity contribution is -0.0565. The molecule has 0 spiro atoms. The van der Waals surface area contributed by atoms with Crippen molar-refractivity contribution in [2.24, 2.45) is 0 Å². The third-order valence-electron chi connectivity index (χ3n) is 4.07. The van der Waals surface area contributed by atoms with Gasteiger partial charge in [0.05, 0.1) is 0 Å². The van der Waals surface area contributed by atoms with Gasteiger partial charge in [0.15, 0.2) is 0 Å². The normalized spacial score (nSPS) is 14.3. The highest BCUT2D eigenvalue weighted by atomic mass is 16.5. The first-order valence-corrected chi connectivity index (χ1v) is 7.95. The average molecular weight is 297 g/mol. The van der Waals surface area contributed by atoms with Crippen LogP contribution < -0.4 is 0 Å². The van der Waals surface area contributed by atoms with Gasteiger partial charge in [-0.15, -0.1) is 0 Å². The zero-order valence-corrected chi connectivity index (χ0v) is 14.3. The van der Waals surface area contributed by atoms with Crippen LogP contribution in [0.15, 0.2) is 54.6 Å². The minimum Gasteiger partial charge on any atom is -0.351 e. The van der Waals surface area contributed by atoms with Gasteiger partial charge in [-0.2, -0.15) is 0 Å². The third-order valence-corrected chi connectivity index (χ3v) is 4.07. The van der Waals surface area contributed by atoms with Gasteiger partial charge in [-0.1, -0.05) is 68.4 Å². The van der Waals surface area contributed by atoms with Crippen LogP contribution in [0.25, 0.3) is 0 Å². The lowest BCUT2D eigenvalue weighted by Gasteiger charge is -2.27. The molecule has 2 aromatic rings. The van der Waals surface area contributed by atoms with Crippen molar-refractivity contribution in [3.05, 3.63) is 71.3 Å². The van der Waals surface area contributed by atoms with Gasteiger partial charge < -0.3 is 4.74 Å². The van der Waals surface area contributed by atoms with E-state index < -0.39 is 0 Å². The molecule has 0 aliphatic heterocycles. The summed E-state index contributed by atoms with van der Waals surface area (Å²) >= 11 is 0. The van der Waals surface area contributed by atoms with Gasteiger partial charge in [0.2, 0.25) is 0 Å². The molecule has 2 atom stereocenters. The van der Waals surface area contributed by atoms with Crippen LogP contribution in [-0.4, -0.2) is 25.2 Å². The van der Waals surface area contributed by atoms with Gasteiger partial charge in [0.1, 0.15) is 12.3 Å². The van der Waals surface area contributed by atoms with Crippen LogP contribution in [0.1, 0.15) is 49.5 Å². The molecule has 0 fully saturated rings. The number of hydrogen-bond donors (Lipinski definition) is 0. The highest BCUT2D eigenvalue weighted by Gasteiger charge is 2.19. The molecule has 2 unspecified atom stereocenters.